The maximum atomic E-state index is 14.9. The standard InChI is InChI=1S/C24H27F2N5O3S.C18H19ClN4O4S/c1-4-12-35(33,34)30-20-10-9-18(25)22(23(20)26)21(32)14-16-13-17-19(28-29-24(17)27-15-16)8-7-11-31(5-2)6-3;1-3-6-28(25,26)23-12-4-5-15(19)13(9-12)16(24)8-11-7-14-17(20-10-11)21-22-18(14)27-2/h9-10,13,15,30H,4-6,11-12,14H2,1-3H3,(H,27,28,29);4-5,7,9-10,23H,3,6,8H2,1-2H3,(H,20,21,22). The van der Waals surface area contributed by atoms with Gasteiger partial charge in [0.15, 0.2) is 28.7 Å². The lowest BCUT2D eigenvalue weighted by Crippen LogP contribution is -2.22. The minimum Gasteiger partial charge on any atom is -0.479 e. The lowest BCUT2D eigenvalue weighted by Gasteiger charge is -2.13. The van der Waals surface area contributed by atoms with Gasteiger partial charge in [-0.3, -0.25) is 34.1 Å². The maximum Gasteiger partial charge on any atom is 0.241 e. The molecule has 16 nitrogen and oxygen atoms in total. The third-order valence-electron chi connectivity index (χ3n) is 9.36. The number of pyridine rings is 2. The van der Waals surface area contributed by atoms with Gasteiger partial charge in [0.1, 0.15) is 11.5 Å². The Morgan fingerprint density at radius 3 is 2.14 bits per heavy atom. The van der Waals surface area contributed by atoms with Crippen LogP contribution < -0.4 is 14.2 Å². The van der Waals surface area contributed by atoms with Gasteiger partial charge in [0.25, 0.3) is 0 Å². The number of methoxy groups -OCH3 is 1. The summed E-state index contributed by atoms with van der Waals surface area (Å²) in [6, 6.07) is 9.70. The molecule has 0 radical (unpaired) electrons. The van der Waals surface area contributed by atoms with Crippen molar-refractivity contribution in [2.45, 2.75) is 53.4 Å². The molecule has 0 fully saturated rings. The highest BCUT2D eigenvalue weighted by molar-refractivity contribution is 7.92. The van der Waals surface area contributed by atoms with Gasteiger partial charge in [0.2, 0.25) is 25.9 Å². The number of fused-ring (bicyclic) bond motifs is 2. The topological polar surface area (TPSA) is 222 Å². The second-order valence-electron chi connectivity index (χ2n) is 14.1. The highest BCUT2D eigenvalue weighted by atomic mass is 35.5. The predicted molar refractivity (Wildman–Crippen MR) is 238 cm³/mol. The number of halogens is 3. The van der Waals surface area contributed by atoms with Crippen LogP contribution in [0.25, 0.3) is 22.1 Å². The van der Waals surface area contributed by atoms with Crippen LogP contribution in [-0.4, -0.2) is 102 Å². The number of anilines is 2. The van der Waals surface area contributed by atoms with E-state index < -0.39 is 48.7 Å². The normalized spacial score (nSPS) is 11.5. The molecule has 0 spiro atoms. The number of ether oxygens (including phenoxy) is 1. The van der Waals surface area contributed by atoms with E-state index in [1.807, 2.05) is 13.8 Å². The van der Waals surface area contributed by atoms with E-state index in [-0.39, 0.29) is 40.7 Å². The second kappa shape index (κ2) is 21.4. The molecule has 0 aliphatic rings. The molecule has 6 rings (SSSR count). The summed E-state index contributed by atoms with van der Waals surface area (Å²) >= 11 is 6.17. The molecule has 4 N–H and O–H groups in total. The van der Waals surface area contributed by atoms with Crippen molar-refractivity contribution in [3.05, 3.63) is 99.5 Å². The molecule has 4 heterocycles. The van der Waals surface area contributed by atoms with Crippen LogP contribution in [0.4, 0.5) is 20.2 Å². The molecule has 0 saturated carbocycles. The van der Waals surface area contributed by atoms with Crippen molar-refractivity contribution in [2.24, 2.45) is 0 Å². The molecule has 2 aromatic carbocycles. The summed E-state index contributed by atoms with van der Waals surface area (Å²) in [5, 5.41) is 15.2. The monoisotopic (exact) mass is 925 g/mol. The van der Waals surface area contributed by atoms with Crippen LogP contribution in [0.15, 0.2) is 54.9 Å². The molecule has 0 atom stereocenters. The highest BCUT2D eigenvalue weighted by Crippen LogP contribution is 2.27. The summed E-state index contributed by atoms with van der Waals surface area (Å²) < 4.78 is 87.0. The largest absolute Gasteiger partial charge is 0.479 e. The molecular formula is C42H46ClF2N9O7S2. The molecule has 0 aliphatic heterocycles. The number of rotatable bonds is 18. The molecule has 0 saturated heterocycles. The second-order valence-corrected chi connectivity index (χ2v) is 18.2. The Morgan fingerprint density at radius 1 is 0.825 bits per heavy atom. The van der Waals surface area contributed by atoms with E-state index >= 15 is 0 Å². The average molecular weight is 926 g/mol. The third-order valence-corrected chi connectivity index (χ3v) is 12.7. The molecule has 21 heteroatoms. The summed E-state index contributed by atoms with van der Waals surface area (Å²) in [6.45, 7) is 9.85. The highest BCUT2D eigenvalue weighted by Gasteiger charge is 2.24. The van der Waals surface area contributed by atoms with Crippen LogP contribution in [0.3, 0.4) is 0 Å². The molecule has 4 aromatic heterocycles. The number of ketones is 2. The van der Waals surface area contributed by atoms with Gasteiger partial charge >= 0.3 is 0 Å². The fraction of sp³-hybridized carbons (Fsp3) is 0.333. The first-order chi connectivity index (χ1) is 30.0. The Bertz CT molecular complexity index is 2910. The van der Waals surface area contributed by atoms with E-state index in [9.17, 15) is 35.2 Å². The van der Waals surface area contributed by atoms with Gasteiger partial charge in [-0.1, -0.05) is 45.2 Å². The van der Waals surface area contributed by atoms with Crippen molar-refractivity contribution in [1.82, 2.24) is 35.3 Å². The fourth-order valence-electron chi connectivity index (χ4n) is 6.23. The third kappa shape index (κ3) is 12.6. The number of hydrogen-bond donors (Lipinski definition) is 4. The number of sulfonamides is 2. The summed E-state index contributed by atoms with van der Waals surface area (Å²) in [5.74, 6) is 2.80. The number of nitrogens with one attached hydrogen (secondary N) is 4. The summed E-state index contributed by atoms with van der Waals surface area (Å²) in [5.41, 5.74) is 1.79. The van der Waals surface area contributed by atoms with Gasteiger partial charge in [0.05, 0.1) is 52.2 Å². The number of Topliss-reactive ketones (excluding diaryl/α,β-unsaturated/α-hetero) is 2. The van der Waals surface area contributed by atoms with Crippen LogP contribution in [0.5, 0.6) is 5.88 Å². The summed E-state index contributed by atoms with van der Waals surface area (Å²) in [7, 11) is -5.79. The van der Waals surface area contributed by atoms with Gasteiger partial charge in [-0.2, -0.15) is 5.10 Å². The number of carbonyl (C=O) groups excluding carboxylic acids is 2. The number of benzene rings is 2. The Hall–Kier alpha value is -6.01. The first-order valence-corrected chi connectivity index (χ1v) is 23.5. The molecule has 0 aliphatic carbocycles. The van der Waals surface area contributed by atoms with Gasteiger partial charge in [-0.05, 0) is 85.4 Å². The van der Waals surface area contributed by atoms with Gasteiger partial charge in [0, 0.05) is 36.5 Å². The van der Waals surface area contributed by atoms with Crippen molar-refractivity contribution in [3.63, 3.8) is 0 Å². The van der Waals surface area contributed by atoms with Crippen molar-refractivity contribution in [1.29, 1.82) is 0 Å². The van der Waals surface area contributed by atoms with Crippen LogP contribution in [0.2, 0.25) is 5.02 Å². The Kier molecular flexibility index (Phi) is 16.3. The first-order valence-electron chi connectivity index (χ1n) is 19.8. The van der Waals surface area contributed by atoms with Gasteiger partial charge < -0.3 is 4.74 Å². The van der Waals surface area contributed by atoms with Gasteiger partial charge in [-0.15, -0.1) is 5.10 Å². The van der Waals surface area contributed by atoms with Crippen molar-refractivity contribution in [3.8, 4) is 17.7 Å². The van der Waals surface area contributed by atoms with E-state index in [0.29, 0.717) is 69.8 Å². The van der Waals surface area contributed by atoms with E-state index in [1.165, 1.54) is 31.5 Å². The average Bonchev–Trinajstić information content (AvgIpc) is 3.84. The molecular weight excluding hydrogens is 880 g/mol. The number of H-pyrrole nitrogens is 2. The van der Waals surface area contributed by atoms with Gasteiger partial charge in [-0.25, -0.2) is 35.6 Å². The van der Waals surface area contributed by atoms with E-state index in [1.54, 1.807) is 32.2 Å². The fourth-order valence-corrected chi connectivity index (χ4v) is 8.71. The van der Waals surface area contributed by atoms with Crippen molar-refractivity contribution < 1.29 is 39.9 Å². The number of nitrogens with zero attached hydrogens (tertiary/aromatic N) is 5. The smallest absolute Gasteiger partial charge is 0.241 e. The Morgan fingerprint density at radius 2 is 1.48 bits per heavy atom. The number of hydrogen-bond acceptors (Lipinski definition) is 12. The molecule has 0 unspecified atom stereocenters. The summed E-state index contributed by atoms with van der Waals surface area (Å²) in [4.78, 5) is 36.2. The molecule has 6 aromatic rings. The predicted octanol–water partition coefficient (Wildman–Crippen LogP) is 6.70. The maximum absolute atomic E-state index is 14.9. The first kappa shape index (κ1) is 48.0. The van der Waals surface area contributed by atoms with Crippen LogP contribution in [0.1, 0.15) is 78.1 Å². The zero-order valence-corrected chi connectivity index (χ0v) is 37.5. The van der Waals surface area contributed by atoms with E-state index in [4.69, 9.17) is 16.3 Å². The molecule has 63 heavy (non-hydrogen) atoms. The lowest BCUT2D eigenvalue weighted by molar-refractivity contribution is 0.0979. The van der Waals surface area contributed by atoms with E-state index in [2.05, 4.69) is 56.5 Å². The number of aromatic nitrogens is 6. The molecule has 0 amide bonds. The number of aromatic amines is 2. The minimum atomic E-state index is -3.82. The van der Waals surface area contributed by atoms with Crippen molar-refractivity contribution >= 4 is 76.7 Å². The quantitative estimate of drug-likeness (QED) is 0.0522. The SMILES string of the molecule is CCCS(=O)(=O)Nc1ccc(Cl)c(C(=O)Cc2cnc3[nH]nc(OC)c3c2)c1.CCCS(=O)(=O)Nc1ccc(F)c(C(=O)Cc2cnc3n[nH]c(C#CCN(CC)CC)c3c2)c1F. The summed E-state index contributed by atoms with van der Waals surface area (Å²) in [6.07, 6.45) is 3.47. The number of carbonyl (C=O) groups is 2. The van der Waals surface area contributed by atoms with Crippen LogP contribution >= 0.6 is 11.6 Å². The van der Waals surface area contributed by atoms with Crippen molar-refractivity contribution in [2.75, 3.05) is 47.7 Å². The Balaban J connectivity index is 0.000000243. The zero-order chi connectivity index (χ0) is 45.9. The van der Waals surface area contributed by atoms with Crippen LogP contribution in [-0.2, 0) is 32.9 Å². The Labute approximate surface area is 368 Å². The lowest BCUT2D eigenvalue weighted by atomic mass is 10.0. The molecule has 334 valence electrons. The van der Waals surface area contributed by atoms with Crippen LogP contribution in [0, 0.1) is 23.5 Å². The zero-order valence-electron chi connectivity index (χ0n) is 35.1. The molecule has 0 bridgehead atoms. The van der Waals surface area contributed by atoms with E-state index in [0.717, 1.165) is 25.2 Å². The minimum absolute atomic E-state index is 0.00285.